The van der Waals surface area contributed by atoms with Crippen LogP contribution < -0.4 is 10.6 Å². The van der Waals surface area contributed by atoms with Crippen molar-refractivity contribution in [2.45, 2.75) is 39.8 Å². The van der Waals surface area contributed by atoms with Crippen molar-refractivity contribution in [2.75, 3.05) is 6.54 Å². The number of amides is 2. The Bertz CT molecular complexity index is 661. The van der Waals surface area contributed by atoms with Crippen molar-refractivity contribution >= 4 is 17.1 Å². The van der Waals surface area contributed by atoms with Gasteiger partial charge in [-0.1, -0.05) is 26.0 Å². The number of benzene rings is 1. The number of hydrogen-bond acceptors (Lipinski definition) is 3. The quantitative estimate of drug-likeness (QED) is 0.681. The molecular weight excluding hydrogens is 280 g/mol. The van der Waals surface area contributed by atoms with Crippen LogP contribution in [0.15, 0.2) is 18.2 Å². The Kier molecular flexibility index (Phi) is 4.71. The summed E-state index contributed by atoms with van der Waals surface area (Å²) in [7, 11) is 0. The number of para-hydroxylation sites is 1. The van der Waals surface area contributed by atoms with Gasteiger partial charge in [0.2, 0.25) is 0 Å². The Balaban J connectivity index is 1.89. The summed E-state index contributed by atoms with van der Waals surface area (Å²) < 4.78 is 0. The van der Waals surface area contributed by atoms with Gasteiger partial charge in [-0.3, -0.25) is 0 Å². The smallest absolute Gasteiger partial charge is 0.315 e. The number of imidazole rings is 1. The van der Waals surface area contributed by atoms with E-state index in [0.717, 1.165) is 16.6 Å². The highest BCUT2D eigenvalue weighted by Gasteiger charge is 2.25. The van der Waals surface area contributed by atoms with Crippen LogP contribution in [0.3, 0.4) is 0 Å². The molecule has 0 saturated carbocycles. The zero-order valence-electron chi connectivity index (χ0n) is 13.5. The Labute approximate surface area is 130 Å². The summed E-state index contributed by atoms with van der Waals surface area (Å²) in [4.78, 5) is 19.4. The van der Waals surface area contributed by atoms with Crippen molar-refractivity contribution in [2.24, 2.45) is 5.92 Å². The number of nitrogens with zero attached hydrogens (tertiary/aromatic N) is 1. The Hall–Kier alpha value is -2.08. The third-order valence-corrected chi connectivity index (χ3v) is 4.03. The second kappa shape index (κ2) is 6.36. The van der Waals surface area contributed by atoms with Crippen LogP contribution in [0.1, 0.15) is 32.2 Å². The van der Waals surface area contributed by atoms with Gasteiger partial charge in [0.25, 0.3) is 0 Å². The van der Waals surface area contributed by atoms with Gasteiger partial charge in [0.05, 0.1) is 23.2 Å². The summed E-state index contributed by atoms with van der Waals surface area (Å²) in [6, 6.07) is 5.60. The van der Waals surface area contributed by atoms with E-state index in [-0.39, 0.29) is 18.5 Å². The highest BCUT2D eigenvalue weighted by molar-refractivity contribution is 5.78. The van der Waals surface area contributed by atoms with E-state index in [1.807, 2.05) is 39.0 Å². The first-order valence-corrected chi connectivity index (χ1v) is 7.48. The molecule has 0 aliphatic heterocycles. The lowest BCUT2D eigenvalue weighted by molar-refractivity contribution is 0.0166. The molecule has 2 aromatic rings. The fourth-order valence-electron chi connectivity index (χ4n) is 2.00. The Morgan fingerprint density at radius 2 is 2.14 bits per heavy atom. The minimum atomic E-state index is -0.923. The zero-order valence-corrected chi connectivity index (χ0v) is 13.5. The summed E-state index contributed by atoms with van der Waals surface area (Å²) in [6.45, 7) is 8.05. The van der Waals surface area contributed by atoms with Gasteiger partial charge < -0.3 is 20.7 Å². The van der Waals surface area contributed by atoms with E-state index in [1.165, 1.54) is 0 Å². The normalized spacial score (nSPS) is 14.1. The number of nitrogens with one attached hydrogen (secondary N) is 3. The van der Waals surface area contributed by atoms with Gasteiger partial charge in [0.15, 0.2) is 0 Å². The minimum Gasteiger partial charge on any atom is -0.388 e. The van der Waals surface area contributed by atoms with Crippen LogP contribution in [0.4, 0.5) is 4.79 Å². The van der Waals surface area contributed by atoms with Crippen LogP contribution in [-0.2, 0) is 6.54 Å². The minimum absolute atomic E-state index is 0.0612. The number of rotatable bonds is 5. The second-order valence-electron chi connectivity index (χ2n) is 6.20. The van der Waals surface area contributed by atoms with Gasteiger partial charge in [-0.25, -0.2) is 9.78 Å². The molecule has 6 heteroatoms. The van der Waals surface area contributed by atoms with Crippen LogP contribution in [0.25, 0.3) is 11.0 Å². The maximum Gasteiger partial charge on any atom is 0.315 e. The SMILES string of the molecule is Cc1cccc2[nH]c(CNC(=O)NCC(C)(O)C(C)C)nc12. The predicted octanol–water partition coefficient (Wildman–Crippen LogP) is 2.08. The second-order valence-corrected chi connectivity index (χ2v) is 6.20. The third-order valence-electron chi connectivity index (χ3n) is 4.03. The molecule has 2 rings (SSSR count). The Morgan fingerprint density at radius 1 is 1.41 bits per heavy atom. The molecule has 0 radical (unpaired) electrons. The lowest BCUT2D eigenvalue weighted by Gasteiger charge is -2.27. The van der Waals surface area contributed by atoms with Crippen molar-refractivity contribution in [1.82, 2.24) is 20.6 Å². The number of aliphatic hydroxyl groups is 1. The molecule has 1 aromatic heterocycles. The number of urea groups is 1. The van der Waals surface area contributed by atoms with E-state index < -0.39 is 5.60 Å². The summed E-state index contributed by atoms with van der Waals surface area (Å²) in [6.07, 6.45) is 0. The van der Waals surface area contributed by atoms with Gasteiger partial charge in [0, 0.05) is 6.54 Å². The van der Waals surface area contributed by atoms with Crippen LogP contribution in [0.5, 0.6) is 0 Å². The molecule has 0 bridgehead atoms. The standard InChI is InChI=1S/C16H24N4O2/c1-10(2)16(4,22)9-18-15(21)17-8-13-19-12-7-5-6-11(3)14(12)20-13/h5-7,10,22H,8-9H2,1-4H3,(H,19,20)(H2,17,18,21). The summed E-state index contributed by atoms with van der Waals surface area (Å²) in [5.41, 5.74) is 2.05. The first kappa shape index (κ1) is 16.3. The van der Waals surface area contributed by atoms with Crippen LogP contribution >= 0.6 is 0 Å². The number of aromatic amines is 1. The molecule has 0 fully saturated rings. The average Bonchev–Trinajstić information content (AvgIpc) is 2.87. The van der Waals surface area contributed by atoms with Crippen molar-refractivity contribution in [1.29, 1.82) is 0 Å². The van der Waals surface area contributed by atoms with E-state index in [2.05, 4.69) is 20.6 Å². The molecule has 0 saturated heterocycles. The largest absolute Gasteiger partial charge is 0.388 e. The summed E-state index contributed by atoms with van der Waals surface area (Å²) >= 11 is 0. The van der Waals surface area contributed by atoms with E-state index in [0.29, 0.717) is 12.4 Å². The molecule has 120 valence electrons. The molecule has 0 aliphatic rings. The van der Waals surface area contributed by atoms with Gasteiger partial charge in [-0.15, -0.1) is 0 Å². The topological polar surface area (TPSA) is 90.0 Å². The number of H-pyrrole nitrogens is 1. The molecular formula is C16H24N4O2. The number of fused-ring (bicyclic) bond motifs is 1. The molecule has 4 N–H and O–H groups in total. The summed E-state index contributed by atoms with van der Waals surface area (Å²) in [5, 5.41) is 15.5. The molecule has 1 atom stereocenters. The number of hydrogen-bond donors (Lipinski definition) is 4. The van der Waals surface area contributed by atoms with Crippen LogP contribution in [-0.4, -0.2) is 33.3 Å². The first-order valence-electron chi connectivity index (χ1n) is 7.48. The highest BCUT2D eigenvalue weighted by atomic mass is 16.3. The molecule has 6 nitrogen and oxygen atoms in total. The third kappa shape index (κ3) is 3.76. The van der Waals surface area contributed by atoms with E-state index in [4.69, 9.17) is 0 Å². The number of aromatic nitrogens is 2. The number of carbonyl (C=O) groups is 1. The average molecular weight is 304 g/mol. The Morgan fingerprint density at radius 3 is 2.77 bits per heavy atom. The van der Waals surface area contributed by atoms with Gasteiger partial charge in [0.1, 0.15) is 5.82 Å². The van der Waals surface area contributed by atoms with Crippen molar-refractivity contribution in [3.8, 4) is 0 Å². The van der Waals surface area contributed by atoms with Crippen molar-refractivity contribution in [3.63, 3.8) is 0 Å². The van der Waals surface area contributed by atoms with Crippen LogP contribution in [0.2, 0.25) is 0 Å². The van der Waals surface area contributed by atoms with Gasteiger partial charge in [-0.05, 0) is 31.4 Å². The lowest BCUT2D eigenvalue weighted by Crippen LogP contribution is -2.47. The van der Waals surface area contributed by atoms with Crippen molar-refractivity contribution < 1.29 is 9.90 Å². The maximum absolute atomic E-state index is 11.8. The molecule has 2 amide bonds. The van der Waals surface area contributed by atoms with Crippen molar-refractivity contribution in [3.05, 3.63) is 29.6 Å². The fraction of sp³-hybridized carbons (Fsp3) is 0.500. The fourth-order valence-corrected chi connectivity index (χ4v) is 2.00. The number of aryl methyl sites for hydroxylation is 1. The van der Waals surface area contributed by atoms with E-state index in [1.54, 1.807) is 6.92 Å². The highest BCUT2D eigenvalue weighted by Crippen LogP contribution is 2.15. The van der Waals surface area contributed by atoms with Crippen LogP contribution in [0, 0.1) is 12.8 Å². The molecule has 0 aliphatic carbocycles. The summed E-state index contributed by atoms with van der Waals surface area (Å²) in [5.74, 6) is 0.765. The molecule has 1 heterocycles. The molecule has 0 spiro atoms. The van der Waals surface area contributed by atoms with E-state index in [9.17, 15) is 9.90 Å². The van der Waals surface area contributed by atoms with Gasteiger partial charge in [-0.2, -0.15) is 0 Å². The number of carbonyl (C=O) groups excluding carboxylic acids is 1. The van der Waals surface area contributed by atoms with Gasteiger partial charge >= 0.3 is 6.03 Å². The van der Waals surface area contributed by atoms with E-state index >= 15 is 0 Å². The molecule has 22 heavy (non-hydrogen) atoms. The monoisotopic (exact) mass is 304 g/mol. The zero-order chi connectivity index (χ0) is 16.3. The predicted molar refractivity (Wildman–Crippen MR) is 86.5 cm³/mol. The molecule has 1 unspecified atom stereocenters. The molecule has 1 aromatic carbocycles. The first-order chi connectivity index (χ1) is 10.3. The lowest BCUT2D eigenvalue weighted by atomic mass is 9.93. The maximum atomic E-state index is 11.8.